The predicted octanol–water partition coefficient (Wildman–Crippen LogP) is 3.28. The Morgan fingerprint density at radius 1 is 1.33 bits per heavy atom. The van der Waals surface area contributed by atoms with Crippen LogP contribution >= 0.6 is 27.7 Å². The number of nitrogens with two attached hydrogens (primary N) is 1. The maximum atomic E-state index is 5.85. The summed E-state index contributed by atoms with van der Waals surface area (Å²) in [7, 11) is 0. The van der Waals surface area contributed by atoms with E-state index in [4.69, 9.17) is 5.73 Å². The molecule has 0 aliphatic rings. The SMILES string of the molecule is CC(N)Cc1cccnc1Sc1ccc(Br)cn1. The summed E-state index contributed by atoms with van der Waals surface area (Å²) in [6.07, 6.45) is 4.41. The van der Waals surface area contributed by atoms with Crippen molar-refractivity contribution in [2.45, 2.75) is 29.4 Å². The fraction of sp³-hybridized carbons (Fsp3) is 0.231. The van der Waals surface area contributed by atoms with Crippen molar-refractivity contribution in [1.29, 1.82) is 0 Å². The third kappa shape index (κ3) is 3.80. The Morgan fingerprint density at radius 2 is 2.17 bits per heavy atom. The molecular formula is C13H14BrN3S. The number of rotatable bonds is 4. The Hall–Kier alpha value is -0.910. The molecule has 0 saturated heterocycles. The van der Waals surface area contributed by atoms with E-state index in [1.54, 1.807) is 24.2 Å². The second kappa shape index (κ2) is 6.31. The molecule has 18 heavy (non-hydrogen) atoms. The van der Waals surface area contributed by atoms with E-state index in [0.29, 0.717) is 0 Å². The lowest BCUT2D eigenvalue weighted by atomic mass is 10.1. The zero-order valence-electron chi connectivity index (χ0n) is 10.0. The molecule has 5 heteroatoms. The Kier molecular flexibility index (Phi) is 4.74. The van der Waals surface area contributed by atoms with Gasteiger partial charge in [-0.2, -0.15) is 0 Å². The van der Waals surface area contributed by atoms with Gasteiger partial charge in [-0.25, -0.2) is 9.97 Å². The van der Waals surface area contributed by atoms with Crippen LogP contribution < -0.4 is 5.73 Å². The third-order valence-corrected chi connectivity index (χ3v) is 3.77. The van der Waals surface area contributed by atoms with Gasteiger partial charge in [-0.1, -0.05) is 6.07 Å². The molecule has 0 amide bonds. The van der Waals surface area contributed by atoms with Gasteiger partial charge in [-0.15, -0.1) is 0 Å². The smallest absolute Gasteiger partial charge is 0.105 e. The Balaban J connectivity index is 2.20. The van der Waals surface area contributed by atoms with E-state index in [9.17, 15) is 0 Å². The number of pyridine rings is 2. The number of nitrogens with zero attached hydrogens (tertiary/aromatic N) is 2. The van der Waals surface area contributed by atoms with E-state index in [1.807, 2.05) is 25.1 Å². The molecule has 2 aromatic heterocycles. The minimum Gasteiger partial charge on any atom is -0.328 e. The van der Waals surface area contributed by atoms with Crippen LogP contribution in [0.15, 0.2) is 51.2 Å². The van der Waals surface area contributed by atoms with Crippen molar-refractivity contribution in [3.05, 3.63) is 46.7 Å². The fourth-order valence-electron chi connectivity index (χ4n) is 1.54. The second-order valence-electron chi connectivity index (χ2n) is 4.07. The lowest BCUT2D eigenvalue weighted by molar-refractivity contribution is 0.722. The van der Waals surface area contributed by atoms with Crippen LogP contribution in [0.2, 0.25) is 0 Å². The molecular weight excluding hydrogens is 310 g/mol. The average molecular weight is 324 g/mol. The van der Waals surface area contributed by atoms with Gasteiger partial charge in [-0.05, 0) is 64.8 Å². The van der Waals surface area contributed by atoms with Crippen LogP contribution in [-0.4, -0.2) is 16.0 Å². The zero-order chi connectivity index (χ0) is 13.0. The van der Waals surface area contributed by atoms with Crippen LogP contribution in [0.3, 0.4) is 0 Å². The molecule has 0 radical (unpaired) electrons. The van der Waals surface area contributed by atoms with Gasteiger partial charge in [0.2, 0.25) is 0 Å². The monoisotopic (exact) mass is 323 g/mol. The molecule has 94 valence electrons. The van der Waals surface area contributed by atoms with Crippen LogP contribution in [0, 0.1) is 0 Å². The van der Waals surface area contributed by atoms with Crippen molar-refractivity contribution >= 4 is 27.7 Å². The number of hydrogen-bond acceptors (Lipinski definition) is 4. The zero-order valence-corrected chi connectivity index (χ0v) is 12.4. The largest absolute Gasteiger partial charge is 0.328 e. The molecule has 1 atom stereocenters. The number of hydrogen-bond donors (Lipinski definition) is 1. The summed E-state index contributed by atoms with van der Waals surface area (Å²) in [4.78, 5) is 8.74. The van der Waals surface area contributed by atoms with E-state index >= 15 is 0 Å². The molecule has 0 saturated carbocycles. The first-order valence-electron chi connectivity index (χ1n) is 5.64. The first-order chi connectivity index (χ1) is 8.65. The fourth-order valence-corrected chi connectivity index (χ4v) is 2.61. The standard InChI is InChI=1S/C13H14BrN3S/c1-9(15)7-10-3-2-6-16-13(10)18-12-5-4-11(14)8-17-12/h2-6,8-9H,7,15H2,1H3. The minimum atomic E-state index is 0.131. The van der Waals surface area contributed by atoms with Gasteiger partial charge >= 0.3 is 0 Å². The van der Waals surface area contributed by atoms with Gasteiger partial charge in [0.15, 0.2) is 0 Å². The van der Waals surface area contributed by atoms with Crippen molar-refractivity contribution in [2.75, 3.05) is 0 Å². The molecule has 0 aliphatic heterocycles. The molecule has 0 aliphatic carbocycles. The summed E-state index contributed by atoms with van der Waals surface area (Å²) in [6, 6.07) is 8.09. The molecule has 2 N–H and O–H groups in total. The first kappa shape index (κ1) is 13.5. The van der Waals surface area contributed by atoms with E-state index < -0.39 is 0 Å². The van der Waals surface area contributed by atoms with E-state index in [0.717, 1.165) is 20.9 Å². The van der Waals surface area contributed by atoms with Crippen LogP contribution in [0.25, 0.3) is 0 Å². The molecule has 2 heterocycles. The summed E-state index contributed by atoms with van der Waals surface area (Å²) in [5.41, 5.74) is 7.02. The highest BCUT2D eigenvalue weighted by atomic mass is 79.9. The van der Waals surface area contributed by atoms with Gasteiger partial charge < -0.3 is 5.73 Å². The van der Waals surface area contributed by atoms with Crippen LogP contribution in [-0.2, 0) is 6.42 Å². The molecule has 0 bridgehead atoms. The first-order valence-corrected chi connectivity index (χ1v) is 7.25. The maximum absolute atomic E-state index is 5.85. The van der Waals surface area contributed by atoms with Crippen LogP contribution in [0.4, 0.5) is 0 Å². The average Bonchev–Trinajstić information content (AvgIpc) is 2.34. The third-order valence-electron chi connectivity index (χ3n) is 2.29. The van der Waals surface area contributed by atoms with Gasteiger partial charge in [-0.3, -0.25) is 0 Å². The minimum absolute atomic E-state index is 0.131. The summed E-state index contributed by atoms with van der Waals surface area (Å²) in [5.74, 6) is 0. The highest BCUT2D eigenvalue weighted by Gasteiger charge is 2.08. The molecule has 0 fully saturated rings. The highest BCUT2D eigenvalue weighted by Crippen LogP contribution is 2.28. The summed E-state index contributed by atoms with van der Waals surface area (Å²) < 4.78 is 0.976. The Morgan fingerprint density at radius 3 is 2.83 bits per heavy atom. The molecule has 0 spiro atoms. The van der Waals surface area contributed by atoms with E-state index in [2.05, 4.69) is 32.0 Å². The summed E-state index contributed by atoms with van der Waals surface area (Å²) in [5, 5.41) is 1.91. The topological polar surface area (TPSA) is 51.8 Å². The molecule has 3 nitrogen and oxygen atoms in total. The van der Waals surface area contributed by atoms with Crippen molar-refractivity contribution in [3.63, 3.8) is 0 Å². The number of halogens is 1. The quantitative estimate of drug-likeness (QED) is 0.938. The van der Waals surface area contributed by atoms with Crippen molar-refractivity contribution in [3.8, 4) is 0 Å². The van der Waals surface area contributed by atoms with Crippen LogP contribution in [0.1, 0.15) is 12.5 Å². The number of aromatic nitrogens is 2. The highest BCUT2D eigenvalue weighted by molar-refractivity contribution is 9.10. The van der Waals surface area contributed by atoms with Gasteiger partial charge in [0.05, 0.1) is 0 Å². The van der Waals surface area contributed by atoms with E-state index in [-0.39, 0.29) is 6.04 Å². The maximum Gasteiger partial charge on any atom is 0.105 e. The normalized spacial score (nSPS) is 12.4. The van der Waals surface area contributed by atoms with Crippen LogP contribution in [0.5, 0.6) is 0 Å². The van der Waals surface area contributed by atoms with E-state index in [1.165, 1.54) is 5.56 Å². The molecule has 1 unspecified atom stereocenters. The Labute approximate surface area is 119 Å². The molecule has 2 rings (SSSR count). The van der Waals surface area contributed by atoms with Crippen molar-refractivity contribution in [2.24, 2.45) is 5.73 Å². The molecule has 2 aromatic rings. The lowest BCUT2D eigenvalue weighted by Crippen LogP contribution is -2.18. The molecule has 0 aromatic carbocycles. The predicted molar refractivity (Wildman–Crippen MR) is 77.7 cm³/mol. The van der Waals surface area contributed by atoms with Gasteiger partial charge in [0, 0.05) is 22.9 Å². The van der Waals surface area contributed by atoms with Gasteiger partial charge in [0.1, 0.15) is 10.1 Å². The summed E-state index contributed by atoms with van der Waals surface area (Å²) >= 11 is 4.94. The Bertz CT molecular complexity index is 514. The van der Waals surface area contributed by atoms with Crippen molar-refractivity contribution in [1.82, 2.24) is 9.97 Å². The summed E-state index contributed by atoms with van der Waals surface area (Å²) in [6.45, 7) is 2.00. The second-order valence-corrected chi connectivity index (χ2v) is 5.99. The lowest BCUT2D eigenvalue weighted by Gasteiger charge is -2.09. The van der Waals surface area contributed by atoms with Gasteiger partial charge in [0.25, 0.3) is 0 Å². The van der Waals surface area contributed by atoms with Crippen molar-refractivity contribution < 1.29 is 0 Å².